The molecule has 15 heavy (non-hydrogen) atoms. The molecule has 0 aromatic heterocycles. The van der Waals surface area contributed by atoms with E-state index >= 15 is 0 Å². The second kappa shape index (κ2) is 4.98. The molecule has 1 amide bonds. The van der Waals surface area contributed by atoms with Crippen LogP contribution in [0.1, 0.15) is 6.92 Å². The lowest BCUT2D eigenvalue weighted by atomic mass is 10.1. The molecule has 1 rings (SSSR count). The molecule has 0 radical (unpaired) electrons. The molecule has 0 aliphatic rings. The highest BCUT2D eigenvalue weighted by Crippen LogP contribution is 2.22. The highest BCUT2D eigenvalue weighted by atomic mass is 35.5. The SMILES string of the molecule is CC(CNc1cc(F)ccc1Cl)C(N)=O. The molecule has 1 unspecified atom stereocenters. The minimum Gasteiger partial charge on any atom is -0.383 e. The van der Waals surface area contributed by atoms with E-state index in [1.54, 1.807) is 6.92 Å². The summed E-state index contributed by atoms with van der Waals surface area (Å²) >= 11 is 5.81. The predicted octanol–water partition coefficient (Wildman–Crippen LogP) is 2.01. The van der Waals surface area contributed by atoms with Gasteiger partial charge in [0.25, 0.3) is 0 Å². The van der Waals surface area contributed by atoms with Crippen LogP contribution < -0.4 is 11.1 Å². The number of amides is 1. The standard InChI is InChI=1S/C10H12ClFN2O/c1-6(10(13)15)5-14-9-4-7(12)2-3-8(9)11/h2-4,6,14H,5H2,1H3,(H2,13,15). The molecule has 0 fully saturated rings. The molecule has 0 heterocycles. The van der Waals surface area contributed by atoms with Crippen molar-refractivity contribution >= 4 is 23.2 Å². The number of nitrogens with two attached hydrogens (primary N) is 1. The number of primary amides is 1. The van der Waals surface area contributed by atoms with Crippen molar-refractivity contribution in [2.75, 3.05) is 11.9 Å². The number of rotatable bonds is 4. The molecule has 0 saturated carbocycles. The maximum atomic E-state index is 12.8. The second-order valence-corrected chi connectivity index (χ2v) is 3.72. The van der Waals surface area contributed by atoms with Crippen LogP contribution in [-0.2, 0) is 4.79 Å². The molecule has 1 atom stereocenters. The van der Waals surface area contributed by atoms with E-state index in [0.717, 1.165) is 0 Å². The van der Waals surface area contributed by atoms with Crippen LogP contribution in [0, 0.1) is 11.7 Å². The Balaban J connectivity index is 2.65. The summed E-state index contributed by atoms with van der Waals surface area (Å²) in [4.78, 5) is 10.7. The van der Waals surface area contributed by atoms with Gasteiger partial charge in [0.2, 0.25) is 5.91 Å². The van der Waals surface area contributed by atoms with E-state index in [0.29, 0.717) is 17.3 Å². The van der Waals surface area contributed by atoms with E-state index in [9.17, 15) is 9.18 Å². The molecule has 0 aliphatic carbocycles. The molecule has 3 N–H and O–H groups in total. The summed E-state index contributed by atoms with van der Waals surface area (Å²) in [5, 5.41) is 3.27. The highest BCUT2D eigenvalue weighted by molar-refractivity contribution is 6.33. The van der Waals surface area contributed by atoms with E-state index < -0.39 is 5.91 Å². The van der Waals surface area contributed by atoms with Gasteiger partial charge >= 0.3 is 0 Å². The van der Waals surface area contributed by atoms with E-state index in [-0.39, 0.29) is 11.7 Å². The van der Waals surface area contributed by atoms with Gasteiger partial charge in [-0.15, -0.1) is 0 Å². The molecule has 1 aromatic rings. The zero-order chi connectivity index (χ0) is 11.4. The van der Waals surface area contributed by atoms with Gasteiger partial charge in [0.1, 0.15) is 5.82 Å². The molecule has 5 heteroatoms. The van der Waals surface area contributed by atoms with Gasteiger partial charge in [-0.1, -0.05) is 18.5 Å². The smallest absolute Gasteiger partial charge is 0.222 e. The molecule has 0 bridgehead atoms. The Morgan fingerprint density at radius 3 is 2.93 bits per heavy atom. The van der Waals surface area contributed by atoms with Crippen LogP contribution in [0.3, 0.4) is 0 Å². The monoisotopic (exact) mass is 230 g/mol. The third-order valence-corrected chi connectivity index (χ3v) is 2.34. The van der Waals surface area contributed by atoms with E-state index in [1.807, 2.05) is 0 Å². The second-order valence-electron chi connectivity index (χ2n) is 3.31. The van der Waals surface area contributed by atoms with Gasteiger partial charge in [-0.05, 0) is 18.2 Å². The fourth-order valence-corrected chi connectivity index (χ4v) is 1.18. The van der Waals surface area contributed by atoms with Crippen molar-refractivity contribution in [1.29, 1.82) is 0 Å². The highest BCUT2D eigenvalue weighted by Gasteiger charge is 2.09. The molecule has 0 saturated heterocycles. The van der Waals surface area contributed by atoms with Crippen LogP contribution in [0.15, 0.2) is 18.2 Å². The molecular weight excluding hydrogens is 219 g/mol. The van der Waals surface area contributed by atoms with Crippen molar-refractivity contribution in [1.82, 2.24) is 0 Å². The van der Waals surface area contributed by atoms with Gasteiger partial charge in [-0.3, -0.25) is 4.79 Å². The number of anilines is 1. The van der Waals surface area contributed by atoms with Crippen molar-refractivity contribution in [2.24, 2.45) is 11.7 Å². The fourth-order valence-electron chi connectivity index (χ4n) is 0.997. The average Bonchev–Trinajstić information content (AvgIpc) is 2.18. The minimum absolute atomic E-state index is 0.329. The van der Waals surface area contributed by atoms with Crippen LogP contribution in [0.2, 0.25) is 5.02 Å². The number of carbonyl (C=O) groups excluding carboxylic acids is 1. The van der Waals surface area contributed by atoms with Gasteiger partial charge in [-0.25, -0.2) is 4.39 Å². The van der Waals surface area contributed by atoms with Crippen LogP contribution in [0.25, 0.3) is 0 Å². The number of carbonyl (C=O) groups is 1. The van der Waals surface area contributed by atoms with Crippen molar-refractivity contribution in [3.8, 4) is 0 Å². The van der Waals surface area contributed by atoms with Gasteiger partial charge in [0, 0.05) is 6.54 Å². The first-order valence-corrected chi connectivity index (χ1v) is 4.86. The first-order valence-electron chi connectivity index (χ1n) is 4.49. The number of halogens is 2. The number of benzene rings is 1. The van der Waals surface area contributed by atoms with Gasteiger partial charge in [-0.2, -0.15) is 0 Å². The van der Waals surface area contributed by atoms with Gasteiger partial charge in [0.05, 0.1) is 16.6 Å². The Hall–Kier alpha value is -1.29. The van der Waals surface area contributed by atoms with E-state index in [2.05, 4.69) is 5.32 Å². The lowest BCUT2D eigenvalue weighted by molar-refractivity contribution is -0.120. The first kappa shape index (κ1) is 11.8. The Morgan fingerprint density at radius 1 is 1.67 bits per heavy atom. The first-order chi connectivity index (χ1) is 7.00. The largest absolute Gasteiger partial charge is 0.383 e. The summed E-state index contributed by atoms with van der Waals surface area (Å²) in [6.45, 7) is 2.01. The zero-order valence-electron chi connectivity index (χ0n) is 8.26. The van der Waals surface area contributed by atoms with Gasteiger partial charge < -0.3 is 11.1 Å². The van der Waals surface area contributed by atoms with E-state index in [4.69, 9.17) is 17.3 Å². The number of nitrogens with one attached hydrogen (secondary N) is 1. The molecule has 82 valence electrons. The molecule has 0 aliphatic heterocycles. The molecule has 1 aromatic carbocycles. The van der Waals surface area contributed by atoms with Crippen molar-refractivity contribution in [2.45, 2.75) is 6.92 Å². The summed E-state index contributed by atoms with van der Waals surface area (Å²) in [7, 11) is 0. The summed E-state index contributed by atoms with van der Waals surface area (Å²) < 4.78 is 12.8. The zero-order valence-corrected chi connectivity index (χ0v) is 9.01. The lowest BCUT2D eigenvalue weighted by Crippen LogP contribution is -2.26. The quantitative estimate of drug-likeness (QED) is 0.832. The topological polar surface area (TPSA) is 55.1 Å². The lowest BCUT2D eigenvalue weighted by Gasteiger charge is -2.11. The van der Waals surface area contributed by atoms with Crippen LogP contribution in [0.4, 0.5) is 10.1 Å². The maximum absolute atomic E-state index is 12.8. The molecule has 3 nitrogen and oxygen atoms in total. The summed E-state index contributed by atoms with van der Waals surface area (Å²) in [6.07, 6.45) is 0. The number of hydrogen-bond acceptors (Lipinski definition) is 2. The van der Waals surface area contributed by atoms with Gasteiger partial charge in [0.15, 0.2) is 0 Å². The minimum atomic E-state index is -0.407. The summed E-state index contributed by atoms with van der Waals surface area (Å²) in [6, 6.07) is 4.00. The Morgan fingerprint density at radius 2 is 2.33 bits per heavy atom. The Kier molecular flexibility index (Phi) is 3.91. The molecular formula is C10H12ClFN2O. The third-order valence-electron chi connectivity index (χ3n) is 2.01. The van der Waals surface area contributed by atoms with Crippen LogP contribution in [0.5, 0.6) is 0 Å². The van der Waals surface area contributed by atoms with Crippen molar-refractivity contribution in [3.05, 3.63) is 29.0 Å². The maximum Gasteiger partial charge on any atom is 0.222 e. The fraction of sp³-hybridized carbons (Fsp3) is 0.300. The number of hydrogen-bond donors (Lipinski definition) is 2. The normalized spacial score (nSPS) is 12.2. The van der Waals surface area contributed by atoms with Crippen LogP contribution in [-0.4, -0.2) is 12.5 Å². The molecule has 0 spiro atoms. The Bertz CT molecular complexity index is 370. The average molecular weight is 231 g/mol. The summed E-state index contributed by atoms with van der Waals surface area (Å²) in [5.74, 6) is -1.12. The summed E-state index contributed by atoms with van der Waals surface area (Å²) in [5.41, 5.74) is 5.54. The van der Waals surface area contributed by atoms with Crippen molar-refractivity contribution < 1.29 is 9.18 Å². The van der Waals surface area contributed by atoms with E-state index in [1.165, 1.54) is 18.2 Å². The van der Waals surface area contributed by atoms with Crippen LogP contribution >= 0.6 is 11.6 Å². The predicted molar refractivity (Wildman–Crippen MR) is 58.3 cm³/mol. The Labute approximate surface area is 92.4 Å². The third kappa shape index (κ3) is 3.40. The van der Waals surface area contributed by atoms with Crippen molar-refractivity contribution in [3.63, 3.8) is 0 Å².